The SMILES string of the molecule is Cc1c2c(c(NSC3=NC=C(C(C)C)C3)c3c1CCC3)CCC2. The number of aliphatic imine (C=N–C) groups is 1. The fourth-order valence-corrected chi connectivity index (χ4v) is 5.11. The molecule has 0 fully saturated rings. The van der Waals surface area contributed by atoms with Gasteiger partial charge in [-0.1, -0.05) is 13.8 Å². The molecule has 0 spiro atoms. The smallest absolute Gasteiger partial charge is 0.0979 e. The van der Waals surface area contributed by atoms with E-state index in [0.717, 1.165) is 6.42 Å². The maximum absolute atomic E-state index is 4.61. The zero-order valence-corrected chi connectivity index (χ0v) is 15.3. The average Bonchev–Trinajstić information content (AvgIpc) is 3.27. The summed E-state index contributed by atoms with van der Waals surface area (Å²) in [5.41, 5.74) is 11.0. The molecule has 1 N–H and O–H groups in total. The van der Waals surface area contributed by atoms with Crippen LogP contribution in [0.5, 0.6) is 0 Å². The van der Waals surface area contributed by atoms with Crippen LogP contribution in [-0.2, 0) is 25.7 Å². The second-order valence-corrected chi connectivity index (χ2v) is 8.26. The minimum Gasteiger partial charge on any atom is -0.324 e. The molecule has 0 aromatic heterocycles. The van der Waals surface area contributed by atoms with Gasteiger partial charge >= 0.3 is 0 Å². The predicted octanol–water partition coefficient (Wildman–Crippen LogP) is 5.37. The third-order valence-electron chi connectivity index (χ3n) is 5.69. The molecule has 0 bridgehead atoms. The Balaban J connectivity index is 1.57. The molecule has 0 atom stereocenters. The molecular weight excluding hydrogens is 300 g/mol. The molecule has 0 radical (unpaired) electrons. The molecule has 0 saturated heterocycles. The van der Waals surface area contributed by atoms with Gasteiger partial charge in [-0.3, -0.25) is 4.99 Å². The van der Waals surface area contributed by atoms with Crippen LogP contribution in [0.25, 0.3) is 0 Å². The summed E-state index contributed by atoms with van der Waals surface area (Å²) >= 11 is 1.74. The predicted molar refractivity (Wildman–Crippen MR) is 101 cm³/mol. The van der Waals surface area contributed by atoms with Gasteiger partial charge in [-0.2, -0.15) is 0 Å². The molecule has 0 saturated carbocycles. The summed E-state index contributed by atoms with van der Waals surface area (Å²) in [5.74, 6) is 0.602. The van der Waals surface area contributed by atoms with Gasteiger partial charge in [0.25, 0.3) is 0 Å². The van der Waals surface area contributed by atoms with E-state index in [4.69, 9.17) is 0 Å². The van der Waals surface area contributed by atoms with Crippen molar-refractivity contribution in [3.63, 3.8) is 0 Å². The summed E-state index contributed by atoms with van der Waals surface area (Å²) in [6.45, 7) is 6.86. The number of allylic oxidation sites excluding steroid dienone is 1. The number of nitrogens with zero attached hydrogens (tertiary/aromatic N) is 1. The monoisotopic (exact) mass is 326 g/mol. The second kappa shape index (κ2) is 6.01. The van der Waals surface area contributed by atoms with Gasteiger partial charge in [0.15, 0.2) is 0 Å². The summed E-state index contributed by atoms with van der Waals surface area (Å²) in [4.78, 5) is 4.61. The van der Waals surface area contributed by atoms with E-state index in [-0.39, 0.29) is 0 Å². The molecule has 2 nitrogen and oxygen atoms in total. The van der Waals surface area contributed by atoms with Gasteiger partial charge in [-0.15, -0.1) is 0 Å². The molecule has 0 amide bonds. The van der Waals surface area contributed by atoms with Crippen LogP contribution in [0.15, 0.2) is 16.8 Å². The third-order valence-corrected chi connectivity index (χ3v) is 6.48. The number of hydrogen-bond acceptors (Lipinski definition) is 3. The number of anilines is 1. The molecule has 1 aliphatic heterocycles. The Morgan fingerprint density at radius 2 is 1.61 bits per heavy atom. The van der Waals surface area contributed by atoms with Gasteiger partial charge < -0.3 is 4.72 Å². The zero-order chi connectivity index (χ0) is 16.0. The van der Waals surface area contributed by atoms with Crippen molar-refractivity contribution in [1.82, 2.24) is 0 Å². The van der Waals surface area contributed by atoms with E-state index in [2.05, 4.69) is 36.7 Å². The Morgan fingerprint density at radius 1 is 1.00 bits per heavy atom. The van der Waals surface area contributed by atoms with Crippen LogP contribution in [0.2, 0.25) is 0 Å². The number of nitrogens with one attached hydrogen (secondary N) is 1. The van der Waals surface area contributed by atoms with Crippen molar-refractivity contribution < 1.29 is 0 Å². The van der Waals surface area contributed by atoms with Gasteiger partial charge in [0, 0.05) is 24.6 Å². The van der Waals surface area contributed by atoms with Crippen molar-refractivity contribution in [3.8, 4) is 0 Å². The fraction of sp³-hybridized carbons (Fsp3) is 0.550. The molecule has 3 heteroatoms. The Bertz CT molecular complexity index is 678. The van der Waals surface area contributed by atoms with Crippen LogP contribution in [0.4, 0.5) is 5.69 Å². The molecule has 1 aromatic carbocycles. The van der Waals surface area contributed by atoms with Crippen LogP contribution >= 0.6 is 11.9 Å². The van der Waals surface area contributed by atoms with E-state index in [0.29, 0.717) is 5.92 Å². The summed E-state index contributed by atoms with van der Waals surface area (Å²) in [6, 6.07) is 0. The summed E-state index contributed by atoms with van der Waals surface area (Å²) in [6.07, 6.45) is 10.8. The fourth-order valence-electron chi connectivity index (χ4n) is 4.30. The number of rotatable bonds is 3. The van der Waals surface area contributed by atoms with Crippen molar-refractivity contribution in [2.45, 2.75) is 65.7 Å². The molecule has 0 unspecified atom stereocenters. The van der Waals surface area contributed by atoms with Gasteiger partial charge in [0.05, 0.1) is 10.7 Å². The Labute approximate surface area is 144 Å². The molecule has 4 rings (SSSR count). The quantitative estimate of drug-likeness (QED) is 0.755. The molecule has 1 aromatic rings. The van der Waals surface area contributed by atoms with Crippen molar-refractivity contribution in [1.29, 1.82) is 0 Å². The van der Waals surface area contributed by atoms with Crippen LogP contribution in [0.1, 0.15) is 60.9 Å². The molecule has 23 heavy (non-hydrogen) atoms. The normalized spacial score (nSPS) is 19.0. The molecule has 2 aliphatic carbocycles. The zero-order valence-electron chi connectivity index (χ0n) is 14.5. The van der Waals surface area contributed by atoms with Crippen LogP contribution < -0.4 is 4.72 Å². The van der Waals surface area contributed by atoms with Crippen molar-refractivity contribution in [3.05, 3.63) is 39.6 Å². The molecule has 3 aliphatic rings. The lowest BCUT2D eigenvalue weighted by Crippen LogP contribution is -2.05. The Morgan fingerprint density at radius 3 is 2.17 bits per heavy atom. The van der Waals surface area contributed by atoms with Crippen LogP contribution in [0.3, 0.4) is 0 Å². The van der Waals surface area contributed by atoms with E-state index in [1.54, 1.807) is 39.8 Å². The van der Waals surface area contributed by atoms with Gasteiger partial charge in [-0.25, -0.2) is 0 Å². The summed E-state index contributed by atoms with van der Waals surface area (Å²) in [7, 11) is 0. The standard InChI is InChI=1S/C20H26N2S/c1-12(2)14-10-19(21-11-14)23-22-20-17-8-4-6-15(17)13(3)16-7-5-9-18(16)20/h11-12,22H,4-10H2,1-3H3. The van der Waals surface area contributed by atoms with Crippen molar-refractivity contribution >= 4 is 22.7 Å². The molecular formula is C20H26N2S. The largest absolute Gasteiger partial charge is 0.324 e. The number of benzene rings is 1. The number of hydrogen-bond donors (Lipinski definition) is 1. The first-order valence-corrected chi connectivity index (χ1v) is 9.81. The van der Waals surface area contributed by atoms with Crippen molar-refractivity contribution in [2.75, 3.05) is 4.72 Å². The number of fused-ring (bicyclic) bond motifs is 2. The topological polar surface area (TPSA) is 24.4 Å². The maximum Gasteiger partial charge on any atom is 0.0979 e. The second-order valence-electron chi connectivity index (χ2n) is 7.38. The van der Waals surface area contributed by atoms with Crippen LogP contribution in [-0.4, -0.2) is 5.04 Å². The first-order chi connectivity index (χ1) is 11.1. The van der Waals surface area contributed by atoms with Crippen molar-refractivity contribution in [2.24, 2.45) is 10.9 Å². The van der Waals surface area contributed by atoms with E-state index < -0.39 is 0 Å². The first-order valence-electron chi connectivity index (χ1n) is 8.99. The maximum atomic E-state index is 4.61. The lowest BCUT2D eigenvalue weighted by molar-refractivity contribution is 0.759. The third kappa shape index (κ3) is 2.63. The summed E-state index contributed by atoms with van der Waals surface area (Å²) < 4.78 is 3.73. The van der Waals surface area contributed by atoms with Gasteiger partial charge in [-0.05, 0) is 84.8 Å². The van der Waals surface area contributed by atoms with E-state index in [9.17, 15) is 0 Å². The van der Waals surface area contributed by atoms with Gasteiger partial charge in [0.2, 0.25) is 0 Å². The first kappa shape index (κ1) is 15.3. The molecule has 1 heterocycles. The highest BCUT2D eigenvalue weighted by atomic mass is 32.2. The highest BCUT2D eigenvalue weighted by Crippen LogP contribution is 2.42. The Hall–Kier alpha value is -1.22. The Kier molecular flexibility index (Phi) is 4.00. The lowest BCUT2D eigenvalue weighted by Gasteiger charge is -2.19. The van der Waals surface area contributed by atoms with Crippen LogP contribution in [0, 0.1) is 12.8 Å². The van der Waals surface area contributed by atoms with E-state index in [1.165, 1.54) is 54.8 Å². The summed E-state index contributed by atoms with van der Waals surface area (Å²) in [5, 5.41) is 1.22. The highest BCUT2D eigenvalue weighted by molar-refractivity contribution is 8.15. The van der Waals surface area contributed by atoms with Gasteiger partial charge in [0.1, 0.15) is 0 Å². The molecule has 122 valence electrons. The minimum atomic E-state index is 0.602. The highest BCUT2D eigenvalue weighted by Gasteiger charge is 2.27. The van der Waals surface area contributed by atoms with E-state index >= 15 is 0 Å². The minimum absolute atomic E-state index is 0.602. The van der Waals surface area contributed by atoms with E-state index in [1.807, 2.05) is 0 Å². The lowest BCUT2D eigenvalue weighted by atomic mass is 9.93. The average molecular weight is 327 g/mol.